The molecule has 2 amide bonds. The first-order chi connectivity index (χ1) is 20.2. The van der Waals surface area contributed by atoms with Gasteiger partial charge in [-0.1, -0.05) is 103 Å². The molecule has 1 atom stereocenters. The van der Waals surface area contributed by atoms with E-state index in [-0.39, 0.29) is 13.1 Å². The van der Waals surface area contributed by atoms with Gasteiger partial charge in [0.15, 0.2) is 0 Å². The van der Waals surface area contributed by atoms with Crippen LogP contribution in [0.2, 0.25) is 0 Å². The summed E-state index contributed by atoms with van der Waals surface area (Å²) in [5.41, 5.74) is 2.94. The van der Waals surface area contributed by atoms with E-state index in [9.17, 15) is 22.4 Å². The van der Waals surface area contributed by atoms with E-state index < -0.39 is 40.2 Å². The fourth-order valence-corrected chi connectivity index (χ4v) is 5.34. The Morgan fingerprint density at radius 1 is 0.738 bits per heavy atom. The average molecular weight is 588 g/mol. The summed E-state index contributed by atoms with van der Waals surface area (Å²) in [6.45, 7) is -0.174. The van der Waals surface area contributed by atoms with Gasteiger partial charge < -0.3 is 10.2 Å². The third kappa shape index (κ3) is 8.83. The second-order valence-electron chi connectivity index (χ2n) is 10.0. The molecule has 218 valence electrons. The predicted octanol–water partition coefficient (Wildman–Crippen LogP) is 4.72. The molecule has 42 heavy (non-hydrogen) atoms. The van der Waals surface area contributed by atoms with E-state index in [2.05, 4.69) is 5.32 Å². The highest BCUT2D eigenvalue weighted by molar-refractivity contribution is 7.88. The lowest BCUT2D eigenvalue weighted by molar-refractivity contribution is -0.141. The SMILES string of the molecule is CS(=O)(=O)N(CC(=O)N(Cc1ccc(F)cc1)[C@H](C(=O)NCCc1ccccc1)c1ccccc1)Cc1ccccc1. The van der Waals surface area contributed by atoms with Gasteiger partial charge in [-0.05, 0) is 40.8 Å². The maximum Gasteiger partial charge on any atom is 0.247 e. The summed E-state index contributed by atoms with van der Waals surface area (Å²) in [6.07, 6.45) is 1.65. The smallest absolute Gasteiger partial charge is 0.247 e. The second-order valence-corrected chi connectivity index (χ2v) is 12.0. The molecule has 0 spiro atoms. The van der Waals surface area contributed by atoms with Crippen LogP contribution >= 0.6 is 0 Å². The number of rotatable bonds is 13. The van der Waals surface area contributed by atoms with Gasteiger partial charge in [-0.25, -0.2) is 12.8 Å². The van der Waals surface area contributed by atoms with Gasteiger partial charge in [0.25, 0.3) is 0 Å². The minimum absolute atomic E-state index is 0.00488. The van der Waals surface area contributed by atoms with Crippen molar-refractivity contribution in [3.8, 4) is 0 Å². The van der Waals surface area contributed by atoms with Crippen LogP contribution in [0.1, 0.15) is 28.3 Å². The van der Waals surface area contributed by atoms with Crippen LogP contribution in [0.4, 0.5) is 4.39 Å². The molecule has 7 nitrogen and oxygen atoms in total. The van der Waals surface area contributed by atoms with Gasteiger partial charge in [0.05, 0.1) is 12.8 Å². The van der Waals surface area contributed by atoms with Crippen LogP contribution in [-0.2, 0) is 39.1 Å². The summed E-state index contributed by atoms with van der Waals surface area (Å²) in [7, 11) is -3.79. The maximum atomic E-state index is 14.0. The molecule has 9 heteroatoms. The van der Waals surface area contributed by atoms with Crippen molar-refractivity contribution >= 4 is 21.8 Å². The molecular weight excluding hydrogens is 553 g/mol. The maximum absolute atomic E-state index is 14.0. The normalized spacial score (nSPS) is 12.1. The number of nitrogens with one attached hydrogen (secondary N) is 1. The minimum Gasteiger partial charge on any atom is -0.354 e. The van der Waals surface area contributed by atoms with E-state index in [1.54, 1.807) is 60.7 Å². The van der Waals surface area contributed by atoms with Crippen molar-refractivity contribution in [1.29, 1.82) is 0 Å². The third-order valence-electron chi connectivity index (χ3n) is 6.80. The first-order valence-corrected chi connectivity index (χ1v) is 15.4. The van der Waals surface area contributed by atoms with Crippen molar-refractivity contribution in [2.24, 2.45) is 0 Å². The molecule has 4 aromatic carbocycles. The van der Waals surface area contributed by atoms with Gasteiger partial charge in [-0.15, -0.1) is 0 Å². The van der Waals surface area contributed by atoms with Crippen molar-refractivity contribution in [1.82, 2.24) is 14.5 Å². The molecule has 0 aliphatic rings. The molecule has 0 aromatic heterocycles. The van der Waals surface area contributed by atoms with Crippen LogP contribution in [0.15, 0.2) is 115 Å². The lowest BCUT2D eigenvalue weighted by Crippen LogP contribution is -2.48. The number of carbonyl (C=O) groups excluding carboxylic acids is 2. The zero-order valence-electron chi connectivity index (χ0n) is 23.4. The highest BCUT2D eigenvalue weighted by Crippen LogP contribution is 2.25. The van der Waals surface area contributed by atoms with Crippen molar-refractivity contribution in [2.45, 2.75) is 25.6 Å². The van der Waals surface area contributed by atoms with Gasteiger partial charge in [-0.2, -0.15) is 4.31 Å². The zero-order valence-corrected chi connectivity index (χ0v) is 24.2. The Bertz CT molecular complexity index is 1550. The van der Waals surface area contributed by atoms with Crippen molar-refractivity contribution in [2.75, 3.05) is 19.3 Å². The highest BCUT2D eigenvalue weighted by atomic mass is 32.2. The molecule has 0 fully saturated rings. The monoisotopic (exact) mass is 587 g/mol. The van der Waals surface area contributed by atoms with Crippen LogP contribution in [0, 0.1) is 5.82 Å². The first kappa shape index (κ1) is 30.6. The van der Waals surface area contributed by atoms with Gasteiger partial charge >= 0.3 is 0 Å². The van der Waals surface area contributed by atoms with E-state index in [0.717, 1.165) is 21.7 Å². The average Bonchev–Trinajstić information content (AvgIpc) is 2.98. The Balaban J connectivity index is 1.66. The number of benzene rings is 4. The Kier molecular flexibility index (Phi) is 10.6. The number of nitrogens with zero attached hydrogens (tertiary/aromatic N) is 2. The Hall–Kier alpha value is -4.34. The summed E-state index contributed by atoms with van der Waals surface area (Å²) in [4.78, 5) is 29.2. The molecule has 0 aliphatic heterocycles. The molecule has 0 radical (unpaired) electrons. The van der Waals surface area contributed by atoms with Crippen LogP contribution in [-0.4, -0.2) is 48.8 Å². The van der Waals surface area contributed by atoms with Crippen LogP contribution in [0.5, 0.6) is 0 Å². The van der Waals surface area contributed by atoms with Crippen molar-refractivity contribution < 1.29 is 22.4 Å². The van der Waals surface area contributed by atoms with Gasteiger partial charge in [0.2, 0.25) is 21.8 Å². The minimum atomic E-state index is -3.79. The number of hydrogen-bond acceptors (Lipinski definition) is 4. The van der Waals surface area contributed by atoms with Crippen LogP contribution in [0.3, 0.4) is 0 Å². The summed E-state index contributed by atoms with van der Waals surface area (Å²) >= 11 is 0. The lowest BCUT2D eigenvalue weighted by atomic mass is 10.0. The Morgan fingerprint density at radius 2 is 1.26 bits per heavy atom. The zero-order chi connectivity index (χ0) is 30.0. The first-order valence-electron chi connectivity index (χ1n) is 13.6. The van der Waals surface area contributed by atoms with E-state index in [4.69, 9.17) is 0 Å². The fraction of sp³-hybridized carbons (Fsp3) is 0.212. The van der Waals surface area contributed by atoms with Crippen LogP contribution in [0.25, 0.3) is 0 Å². The molecule has 4 rings (SSSR count). The van der Waals surface area contributed by atoms with E-state index >= 15 is 0 Å². The highest BCUT2D eigenvalue weighted by Gasteiger charge is 2.33. The van der Waals surface area contributed by atoms with E-state index in [1.807, 2.05) is 42.5 Å². The Labute approximate surface area is 246 Å². The van der Waals surface area contributed by atoms with Gasteiger partial charge in [-0.3, -0.25) is 9.59 Å². The molecular formula is C33H34FN3O4S. The molecule has 0 heterocycles. The Morgan fingerprint density at radius 3 is 1.83 bits per heavy atom. The summed E-state index contributed by atoms with van der Waals surface area (Å²) in [5.74, 6) is -1.39. The standard InChI is InChI=1S/C33H34FN3O4S/c1-42(40,41)36(23-27-13-7-3-8-14-27)25-31(38)37(24-28-17-19-30(34)20-18-28)32(29-15-9-4-10-16-29)33(39)35-22-21-26-11-5-2-6-12-26/h2-20,32H,21-25H2,1H3,(H,35,39)/t32-/m0/s1. The number of sulfonamides is 1. The topological polar surface area (TPSA) is 86.8 Å². The fourth-order valence-electron chi connectivity index (χ4n) is 4.61. The van der Waals surface area contributed by atoms with Gasteiger partial charge in [0.1, 0.15) is 11.9 Å². The number of carbonyl (C=O) groups is 2. The largest absolute Gasteiger partial charge is 0.354 e. The van der Waals surface area contributed by atoms with Gasteiger partial charge in [0, 0.05) is 19.6 Å². The lowest BCUT2D eigenvalue weighted by Gasteiger charge is -2.33. The molecule has 0 unspecified atom stereocenters. The molecule has 0 saturated heterocycles. The number of amides is 2. The second kappa shape index (κ2) is 14.5. The van der Waals surface area contributed by atoms with Crippen molar-refractivity contribution in [3.05, 3.63) is 143 Å². The number of halogens is 1. The molecule has 0 aliphatic carbocycles. The molecule has 0 saturated carbocycles. The third-order valence-corrected chi connectivity index (χ3v) is 8.00. The predicted molar refractivity (Wildman–Crippen MR) is 161 cm³/mol. The van der Waals surface area contributed by atoms with Crippen LogP contribution < -0.4 is 5.32 Å². The summed E-state index contributed by atoms with van der Waals surface area (Å²) < 4.78 is 40.3. The number of hydrogen-bond donors (Lipinski definition) is 1. The van der Waals surface area contributed by atoms with Crippen molar-refractivity contribution in [3.63, 3.8) is 0 Å². The quantitative estimate of drug-likeness (QED) is 0.245. The summed E-state index contributed by atoms with van der Waals surface area (Å²) in [5, 5.41) is 2.96. The molecule has 0 bridgehead atoms. The van der Waals surface area contributed by atoms with E-state index in [0.29, 0.717) is 24.1 Å². The summed E-state index contributed by atoms with van der Waals surface area (Å²) in [6, 6.07) is 32.2. The molecule has 1 N–H and O–H groups in total. The van der Waals surface area contributed by atoms with E-state index in [1.165, 1.54) is 17.0 Å². The molecule has 4 aromatic rings.